The van der Waals surface area contributed by atoms with E-state index in [1.54, 1.807) is 13.8 Å². The molecule has 0 saturated heterocycles. The number of carbonyl (C=O) groups is 1. The van der Waals surface area contributed by atoms with Crippen LogP contribution in [0.15, 0.2) is 12.1 Å². The van der Waals surface area contributed by atoms with Gasteiger partial charge >= 0.3 is 5.97 Å². The van der Waals surface area contributed by atoms with Crippen LogP contribution in [0.4, 0.5) is 13.2 Å². The van der Waals surface area contributed by atoms with Crippen LogP contribution >= 0.6 is 0 Å². The van der Waals surface area contributed by atoms with Crippen LogP contribution in [0.3, 0.4) is 0 Å². The third-order valence-corrected chi connectivity index (χ3v) is 1.96. The minimum atomic E-state index is -1.56. The molecular formula is C11H11F3O2. The average Bonchev–Trinajstić information content (AvgIpc) is 2.24. The number of halogens is 3. The molecule has 0 atom stereocenters. The quantitative estimate of drug-likeness (QED) is 0.591. The maximum atomic E-state index is 13.1. The lowest BCUT2D eigenvalue weighted by atomic mass is 10.2. The molecule has 16 heavy (non-hydrogen) atoms. The molecule has 0 spiro atoms. The maximum Gasteiger partial charge on any atom is 0.308 e. The molecule has 0 aromatic heterocycles. The molecule has 0 heterocycles. The largest absolute Gasteiger partial charge is 0.460 e. The second-order valence-corrected chi connectivity index (χ2v) is 3.60. The first kappa shape index (κ1) is 12.5. The van der Waals surface area contributed by atoms with E-state index in [2.05, 4.69) is 0 Å². The normalized spacial score (nSPS) is 10.6. The van der Waals surface area contributed by atoms with Crippen LogP contribution in [0.25, 0.3) is 0 Å². The summed E-state index contributed by atoms with van der Waals surface area (Å²) in [5.74, 6) is -5.02. The molecule has 5 heteroatoms. The Morgan fingerprint density at radius 3 is 2.44 bits per heavy atom. The molecule has 0 radical (unpaired) electrons. The van der Waals surface area contributed by atoms with Gasteiger partial charge in [-0.2, -0.15) is 0 Å². The van der Waals surface area contributed by atoms with E-state index in [-0.39, 0.29) is 11.5 Å². The van der Waals surface area contributed by atoms with E-state index in [0.717, 1.165) is 12.1 Å². The standard InChI is InChI=1S/C11H11F3O2/c1-6(2)11(15)16-5-7-3-4-8(12)10(14)9(7)13/h3-4,6H,5H2,1-2H3. The Kier molecular flexibility index (Phi) is 3.93. The zero-order valence-corrected chi connectivity index (χ0v) is 8.89. The fraction of sp³-hybridized carbons (Fsp3) is 0.364. The van der Waals surface area contributed by atoms with Crippen molar-refractivity contribution in [2.24, 2.45) is 5.92 Å². The number of esters is 1. The fourth-order valence-corrected chi connectivity index (χ4v) is 0.993. The molecule has 0 aliphatic heterocycles. The van der Waals surface area contributed by atoms with Gasteiger partial charge in [-0.25, -0.2) is 13.2 Å². The van der Waals surface area contributed by atoms with E-state index >= 15 is 0 Å². The van der Waals surface area contributed by atoms with Gasteiger partial charge in [-0.1, -0.05) is 13.8 Å². The van der Waals surface area contributed by atoms with Gasteiger partial charge in [0.2, 0.25) is 0 Å². The van der Waals surface area contributed by atoms with E-state index < -0.39 is 30.0 Å². The first-order valence-corrected chi connectivity index (χ1v) is 4.72. The second kappa shape index (κ2) is 5.01. The highest BCUT2D eigenvalue weighted by atomic mass is 19.2. The third kappa shape index (κ3) is 2.74. The summed E-state index contributed by atoms with van der Waals surface area (Å²) in [5.41, 5.74) is -0.187. The monoisotopic (exact) mass is 232 g/mol. The summed E-state index contributed by atoms with van der Waals surface area (Å²) in [6.07, 6.45) is 0. The molecule has 0 saturated carbocycles. The summed E-state index contributed by atoms with van der Waals surface area (Å²) in [7, 11) is 0. The number of rotatable bonds is 3. The highest BCUT2D eigenvalue weighted by Gasteiger charge is 2.15. The summed E-state index contributed by atoms with van der Waals surface area (Å²) in [6.45, 7) is 2.83. The molecule has 1 aromatic rings. The number of hydrogen-bond acceptors (Lipinski definition) is 2. The van der Waals surface area contributed by atoms with Gasteiger partial charge < -0.3 is 4.74 Å². The third-order valence-electron chi connectivity index (χ3n) is 1.96. The number of ether oxygens (including phenoxy) is 1. The van der Waals surface area contributed by atoms with Crippen molar-refractivity contribution in [1.82, 2.24) is 0 Å². The van der Waals surface area contributed by atoms with Crippen molar-refractivity contribution in [1.29, 1.82) is 0 Å². The first-order chi connectivity index (χ1) is 7.43. The fourth-order valence-electron chi connectivity index (χ4n) is 0.993. The number of carbonyl (C=O) groups excluding carboxylic acids is 1. The van der Waals surface area contributed by atoms with Crippen molar-refractivity contribution in [3.05, 3.63) is 35.1 Å². The van der Waals surface area contributed by atoms with Crippen LogP contribution in [0.2, 0.25) is 0 Å². The molecule has 0 unspecified atom stereocenters. The Labute approximate surface area is 91.0 Å². The Balaban J connectivity index is 2.76. The zero-order chi connectivity index (χ0) is 12.3. The van der Waals surface area contributed by atoms with Crippen molar-refractivity contribution < 1.29 is 22.7 Å². The van der Waals surface area contributed by atoms with Gasteiger partial charge in [0.05, 0.1) is 5.92 Å². The van der Waals surface area contributed by atoms with Crippen LogP contribution < -0.4 is 0 Å². The summed E-state index contributed by atoms with van der Waals surface area (Å²) in [4.78, 5) is 11.1. The highest BCUT2D eigenvalue weighted by Crippen LogP contribution is 2.16. The summed E-state index contributed by atoms with van der Waals surface area (Å²) in [6, 6.07) is 1.83. The molecule has 2 nitrogen and oxygen atoms in total. The van der Waals surface area contributed by atoms with Crippen LogP contribution in [-0.4, -0.2) is 5.97 Å². The Bertz CT molecular complexity index is 402. The van der Waals surface area contributed by atoms with Crippen molar-refractivity contribution in [2.75, 3.05) is 0 Å². The predicted molar refractivity (Wildman–Crippen MR) is 51.0 cm³/mol. The summed E-state index contributed by atoms with van der Waals surface area (Å²) >= 11 is 0. The molecule has 0 fully saturated rings. The second-order valence-electron chi connectivity index (χ2n) is 3.60. The van der Waals surface area contributed by atoms with Gasteiger partial charge in [-0.05, 0) is 12.1 Å². The average molecular weight is 232 g/mol. The van der Waals surface area contributed by atoms with Crippen LogP contribution in [0.1, 0.15) is 19.4 Å². The summed E-state index contributed by atoms with van der Waals surface area (Å²) in [5, 5.41) is 0. The molecule has 0 aliphatic rings. The lowest BCUT2D eigenvalue weighted by Crippen LogP contribution is -2.12. The van der Waals surface area contributed by atoms with Gasteiger partial charge in [0, 0.05) is 5.56 Å². The van der Waals surface area contributed by atoms with E-state index in [9.17, 15) is 18.0 Å². The van der Waals surface area contributed by atoms with Crippen molar-refractivity contribution in [2.45, 2.75) is 20.5 Å². The molecule has 0 amide bonds. The molecule has 0 N–H and O–H groups in total. The lowest BCUT2D eigenvalue weighted by molar-refractivity contribution is -0.148. The maximum absolute atomic E-state index is 13.1. The topological polar surface area (TPSA) is 26.3 Å². The SMILES string of the molecule is CC(C)C(=O)OCc1ccc(F)c(F)c1F. The minimum Gasteiger partial charge on any atom is -0.460 e. The van der Waals surface area contributed by atoms with Gasteiger partial charge in [0.25, 0.3) is 0 Å². The van der Waals surface area contributed by atoms with E-state index in [0.29, 0.717) is 0 Å². The Morgan fingerprint density at radius 2 is 1.88 bits per heavy atom. The smallest absolute Gasteiger partial charge is 0.308 e. The van der Waals surface area contributed by atoms with E-state index in [4.69, 9.17) is 4.74 Å². The molecule has 1 rings (SSSR count). The van der Waals surface area contributed by atoms with Crippen molar-refractivity contribution >= 4 is 5.97 Å². The molecule has 0 aliphatic carbocycles. The zero-order valence-electron chi connectivity index (χ0n) is 8.89. The number of benzene rings is 1. The number of hydrogen-bond donors (Lipinski definition) is 0. The van der Waals surface area contributed by atoms with Crippen LogP contribution in [0.5, 0.6) is 0 Å². The van der Waals surface area contributed by atoms with Crippen LogP contribution in [0, 0.1) is 23.4 Å². The Morgan fingerprint density at radius 1 is 1.25 bits per heavy atom. The minimum absolute atomic E-state index is 0.187. The predicted octanol–water partition coefficient (Wildman–Crippen LogP) is 2.80. The van der Waals surface area contributed by atoms with Gasteiger partial charge in [0.1, 0.15) is 6.61 Å². The van der Waals surface area contributed by atoms with Crippen LogP contribution in [-0.2, 0) is 16.1 Å². The van der Waals surface area contributed by atoms with E-state index in [1.807, 2.05) is 0 Å². The van der Waals surface area contributed by atoms with Gasteiger partial charge in [-0.3, -0.25) is 4.79 Å². The highest BCUT2D eigenvalue weighted by molar-refractivity contribution is 5.71. The van der Waals surface area contributed by atoms with Gasteiger partial charge in [0.15, 0.2) is 17.5 Å². The van der Waals surface area contributed by atoms with Crippen molar-refractivity contribution in [3.63, 3.8) is 0 Å². The molecule has 88 valence electrons. The first-order valence-electron chi connectivity index (χ1n) is 4.72. The molecule has 1 aromatic carbocycles. The van der Waals surface area contributed by atoms with Gasteiger partial charge in [-0.15, -0.1) is 0 Å². The lowest BCUT2D eigenvalue weighted by Gasteiger charge is -2.08. The van der Waals surface area contributed by atoms with Crippen molar-refractivity contribution in [3.8, 4) is 0 Å². The molecule has 0 bridgehead atoms. The molecular weight excluding hydrogens is 221 g/mol. The Hall–Kier alpha value is -1.52. The summed E-state index contributed by atoms with van der Waals surface area (Å²) < 4.78 is 43.2. The van der Waals surface area contributed by atoms with E-state index in [1.165, 1.54) is 0 Å².